The van der Waals surface area contributed by atoms with Gasteiger partial charge in [0.25, 0.3) is 0 Å². The maximum absolute atomic E-state index is 11.3. The van der Waals surface area contributed by atoms with Gasteiger partial charge in [0.15, 0.2) is 0 Å². The first-order chi connectivity index (χ1) is 6.08. The smallest absolute Gasteiger partial charge is 0.221 e. The van der Waals surface area contributed by atoms with Crippen LogP contribution in [0.2, 0.25) is 0 Å². The van der Waals surface area contributed by atoms with Crippen LogP contribution in [0.25, 0.3) is 0 Å². The maximum Gasteiger partial charge on any atom is 0.221 e. The van der Waals surface area contributed by atoms with E-state index >= 15 is 0 Å². The zero-order valence-corrected chi connectivity index (χ0v) is 9.85. The lowest BCUT2D eigenvalue weighted by atomic mass is 9.95. The van der Waals surface area contributed by atoms with Gasteiger partial charge >= 0.3 is 0 Å². The number of aliphatic hydroxyl groups is 1. The molecule has 1 amide bonds. The largest absolute Gasteiger partial charge is 0.396 e. The van der Waals surface area contributed by atoms with Gasteiger partial charge in [-0.3, -0.25) is 4.79 Å². The number of aliphatic hydroxyl groups excluding tert-OH is 1. The Bertz CT molecular complexity index is 164. The molecule has 0 aromatic rings. The van der Waals surface area contributed by atoms with Gasteiger partial charge in [0.2, 0.25) is 5.91 Å². The number of halogens is 1. The molecule has 2 N–H and O–H groups in total. The first-order valence-electron chi connectivity index (χ1n) is 4.56. The maximum atomic E-state index is 11.3. The van der Waals surface area contributed by atoms with Crippen molar-refractivity contribution >= 4 is 21.8 Å². The fraction of sp³-hybridized carbons (Fsp3) is 0.889. The number of hydrogen-bond acceptors (Lipinski definition) is 2. The number of hydrogen-bond donors (Lipinski definition) is 2. The molecule has 4 heteroatoms. The Morgan fingerprint density at radius 1 is 1.62 bits per heavy atom. The average molecular weight is 252 g/mol. The van der Waals surface area contributed by atoms with Crippen LogP contribution in [0.5, 0.6) is 0 Å². The zero-order valence-electron chi connectivity index (χ0n) is 8.27. The lowest BCUT2D eigenvalue weighted by Crippen LogP contribution is -2.46. The molecule has 0 heterocycles. The summed E-state index contributed by atoms with van der Waals surface area (Å²) in [5.74, 6) is 0.0367. The summed E-state index contributed by atoms with van der Waals surface area (Å²) in [7, 11) is 0. The predicted octanol–water partition coefficient (Wildman–Crippen LogP) is 1.44. The van der Waals surface area contributed by atoms with Crippen molar-refractivity contribution in [3.63, 3.8) is 0 Å². The molecule has 0 aliphatic carbocycles. The molecule has 0 rings (SSSR count). The van der Waals surface area contributed by atoms with Gasteiger partial charge in [0, 0.05) is 23.9 Å². The molecule has 0 aliphatic rings. The van der Waals surface area contributed by atoms with Crippen LogP contribution in [0.3, 0.4) is 0 Å². The van der Waals surface area contributed by atoms with E-state index in [-0.39, 0.29) is 18.1 Å². The fourth-order valence-corrected chi connectivity index (χ4v) is 1.42. The highest BCUT2D eigenvalue weighted by Crippen LogP contribution is 2.13. The molecule has 1 unspecified atom stereocenters. The number of alkyl halides is 1. The van der Waals surface area contributed by atoms with E-state index in [1.807, 2.05) is 13.8 Å². The molecule has 13 heavy (non-hydrogen) atoms. The molecule has 0 aromatic carbocycles. The van der Waals surface area contributed by atoms with Crippen LogP contribution >= 0.6 is 15.9 Å². The highest BCUT2D eigenvalue weighted by Gasteiger charge is 2.22. The van der Waals surface area contributed by atoms with Gasteiger partial charge in [0.05, 0.1) is 0 Å². The Hall–Kier alpha value is -0.0900. The van der Waals surface area contributed by atoms with Crippen LogP contribution in [-0.4, -0.2) is 28.5 Å². The van der Waals surface area contributed by atoms with E-state index < -0.39 is 0 Å². The summed E-state index contributed by atoms with van der Waals surface area (Å²) in [4.78, 5) is 11.3. The topological polar surface area (TPSA) is 49.3 Å². The number of carbonyl (C=O) groups excluding carboxylic acids is 1. The van der Waals surface area contributed by atoms with Crippen LogP contribution in [0.1, 0.15) is 33.1 Å². The minimum atomic E-state index is -0.256. The van der Waals surface area contributed by atoms with Crippen molar-refractivity contribution in [3.05, 3.63) is 0 Å². The van der Waals surface area contributed by atoms with Crippen molar-refractivity contribution in [2.75, 3.05) is 11.9 Å². The van der Waals surface area contributed by atoms with E-state index in [4.69, 9.17) is 5.11 Å². The first-order valence-corrected chi connectivity index (χ1v) is 5.68. The molecule has 0 aromatic heterocycles. The summed E-state index contributed by atoms with van der Waals surface area (Å²) >= 11 is 3.21. The molecular weight excluding hydrogens is 234 g/mol. The second-order valence-electron chi connectivity index (χ2n) is 3.37. The van der Waals surface area contributed by atoms with Crippen molar-refractivity contribution in [1.82, 2.24) is 5.32 Å². The van der Waals surface area contributed by atoms with Gasteiger partial charge in [0.1, 0.15) is 0 Å². The van der Waals surface area contributed by atoms with Gasteiger partial charge in [-0.1, -0.05) is 22.9 Å². The fourth-order valence-electron chi connectivity index (χ4n) is 1.06. The summed E-state index contributed by atoms with van der Waals surface area (Å²) in [6, 6.07) is 0. The van der Waals surface area contributed by atoms with Crippen molar-refractivity contribution in [2.24, 2.45) is 0 Å². The zero-order chi connectivity index (χ0) is 10.3. The summed E-state index contributed by atoms with van der Waals surface area (Å²) in [5, 5.41) is 12.4. The molecule has 0 radical (unpaired) electrons. The van der Waals surface area contributed by atoms with E-state index in [2.05, 4.69) is 21.2 Å². The summed E-state index contributed by atoms with van der Waals surface area (Å²) in [5.41, 5.74) is -0.256. The van der Waals surface area contributed by atoms with E-state index in [1.165, 1.54) is 0 Å². The van der Waals surface area contributed by atoms with Crippen LogP contribution in [-0.2, 0) is 4.79 Å². The van der Waals surface area contributed by atoms with Gasteiger partial charge < -0.3 is 10.4 Å². The summed E-state index contributed by atoms with van der Waals surface area (Å²) < 4.78 is 0. The van der Waals surface area contributed by atoms with Crippen LogP contribution < -0.4 is 5.32 Å². The molecule has 3 nitrogen and oxygen atoms in total. The normalized spacial score (nSPS) is 15.1. The molecule has 0 fully saturated rings. The second-order valence-corrected chi connectivity index (χ2v) is 4.17. The van der Waals surface area contributed by atoms with E-state index in [9.17, 15) is 4.79 Å². The SMILES string of the molecule is CCC(C)(CCO)NC(=O)CCBr. The van der Waals surface area contributed by atoms with Crippen molar-refractivity contribution in [2.45, 2.75) is 38.6 Å². The number of carbonyl (C=O) groups is 1. The van der Waals surface area contributed by atoms with Gasteiger partial charge in [-0.25, -0.2) is 0 Å². The predicted molar refractivity (Wildman–Crippen MR) is 57.0 cm³/mol. The molecule has 0 bridgehead atoms. The lowest BCUT2D eigenvalue weighted by Gasteiger charge is -2.28. The quantitative estimate of drug-likeness (QED) is 0.703. The van der Waals surface area contributed by atoms with E-state index in [0.717, 1.165) is 6.42 Å². The Morgan fingerprint density at radius 2 is 2.23 bits per heavy atom. The molecule has 0 saturated heterocycles. The minimum Gasteiger partial charge on any atom is -0.396 e. The number of amides is 1. The van der Waals surface area contributed by atoms with Crippen LogP contribution in [0.4, 0.5) is 0 Å². The number of rotatable bonds is 6. The lowest BCUT2D eigenvalue weighted by molar-refractivity contribution is -0.122. The van der Waals surface area contributed by atoms with Crippen molar-refractivity contribution in [3.8, 4) is 0 Å². The third-order valence-electron chi connectivity index (χ3n) is 2.21. The third kappa shape index (κ3) is 5.26. The van der Waals surface area contributed by atoms with Crippen molar-refractivity contribution < 1.29 is 9.90 Å². The molecule has 1 atom stereocenters. The van der Waals surface area contributed by atoms with Gasteiger partial charge in [-0.05, 0) is 19.8 Å². The van der Waals surface area contributed by atoms with Gasteiger partial charge in [-0.2, -0.15) is 0 Å². The molecule has 0 spiro atoms. The average Bonchev–Trinajstić information content (AvgIpc) is 2.05. The summed E-state index contributed by atoms with van der Waals surface area (Å²) in [6.07, 6.45) is 1.93. The van der Waals surface area contributed by atoms with E-state index in [1.54, 1.807) is 0 Å². The number of nitrogens with one attached hydrogen (secondary N) is 1. The molecular formula is C9H18BrNO2. The van der Waals surface area contributed by atoms with Gasteiger partial charge in [-0.15, -0.1) is 0 Å². The molecule has 0 saturated carbocycles. The molecule has 0 aliphatic heterocycles. The van der Waals surface area contributed by atoms with E-state index in [0.29, 0.717) is 18.2 Å². The van der Waals surface area contributed by atoms with Crippen molar-refractivity contribution in [1.29, 1.82) is 0 Å². The standard InChI is InChI=1S/C9H18BrNO2/c1-3-9(2,5-7-12)11-8(13)4-6-10/h12H,3-7H2,1-2H3,(H,11,13). The third-order valence-corrected chi connectivity index (χ3v) is 2.60. The highest BCUT2D eigenvalue weighted by molar-refractivity contribution is 9.09. The molecule has 78 valence electrons. The van der Waals surface area contributed by atoms with Crippen LogP contribution in [0, 0.1) is 0 Å². The Kier molecular flexibility index (Phi) is 6.33. The summed E-state index contributed by atoms with van der Waals surface area (Å²) in [6.45, 7) is 4.07. The highest BCUT2D eigenvalue weighted by atomic mass is 79.9. The second kappa shape index (κ2) is 6.38. The Balaban J connectivity index is 4.02. The minimum absolute atomic E-state index is 0.0367. The Labute approximate surface area is 88.0 Å². The van der Waals surface area contributed by atoms with Crippen LogP contribution in [0.15, 0.2) is 0 Å². The Morgan fingerprint density at radius 3 is 2.62 bits per heavy atom. The first kappa shape index (κ1) is 12.9. The monoisotopic (exact) mass is 251 g/mol.